The number of fused-ring (bicyclic) bond motifs is 1. The third kappa shape index (κ3) is 2.64. The molecule has 0 fully saturated rings. The summed E-state index contributed by atoms with van der Waals surface area (Å²) in [7, 11) is 0. The number of rotatable bonds is 5. The van der Waals surface area contributed by atoms with E-state index >= 15 is 0 Å². The molecule has 0 aliphatic carbocycles. The van der Waals surface area contributed by atoms with Crippen molar-refractivity contribution >= 4 is 22.5 Å². The zero-order chi connectivity index (χ0) is 13.8. The first-order valence-electron chi connectivity index (χ1n) is 7.00. The summed E-state index contributed by atoms with van der Waals surface area (Å²) >= 11 is 0. The largest absolute Gasteiger partial charge is 0.326 e. The van der Waals surface area contributed by atoms with Gasteiger partial charge in [-0.3, -0.25) is 4.98 Å². The number of nitrogens with zero attached hydrogens (tertiary/aromatic N) is 3. The van der Waals surface area contributed by atoms with E-state index in [2.05, 4.69) is 38.9 Å². The Morgan fingerprint density at radius 3 is 3.00 bits per heavy atom. The van der Waals surface area contributed by atoms with E-state index in [4.69, 9.17) is 0 Å². The van der Waals surface area contributed by atoms with E-state index in [9.17, 15) is 0 Å². The Morgan fingerprint density at radius 1 is 1.15 bits per heavy atom. The highest BCUT2D eigenvalue weighted by Gasteiger charge is 2.03. The van der Waals surface area contributed by atoms with E-state index in [1.54, 1.807) is 0 Å². The van der Waals surface area contributed by atoms with E-state index in [0.717, 1.165) is 35.5 Å². The fourth-order valence-electron chi connectivity index (χ4n) is 2.22. The fraction of sp³-hybridized carbons (Fsp3) is 0.250. The summed E-state index contributed by atoms with van der Waals surface area (Å²) in [5.41, 5.74) is 2.04. The average molecular weight is 266 g/mol. The summed E-state index contributed by atoms with van der Waals surface area (Å²) in [5, 5.41) is 4.51. The normalized spacial score (nSPS) is 10.8. The summed E-state index contributed by atoms with van der Waals surface area (Å²) in [6.07, 6.45) is 8.00. The molecule has 1 N–H and O–H groups in total. The molecule has 0 bridgehead atoms. The van der Waals surface area contributed by atoms with Gasteiger partial charge in [0.15, 0.2) is 0 Å². The van der Waals surface area contributed by atoms with Gasteiger partial charge in [0.25, 0.3) is 0 Å². The Kier molecular flexibility index (Phi) is 3.63. The molecule has 0 saturated carbocycles. The van der Waals surface area contributed by atoms with Crippen LogP contribution < -0.4 is 5.32 Å². The van der Waals surface area contributed by atoms with Crippen molar-refractivity contribution in [1.29, 1.82) is 0 Å². The molecule has 20 heavy (non-hydrogen) atoms. The predicted octanol–water partition coefficient (Wildman–Crippen LogP) is 3.98. The van der Waals surface area contributed by atoms with Crippen LogP contribution in [0.25, 0.3) is 10.9 Å². The second-order valence-corrected chi connectivity index (χ2v) is 4.83. The lowest BCUT2D eigenvalue weighted by Crippen LogP contribution is -2.03. The summed E-state index contributed by atoms with van der Waals surface area (Å²) in [6, 6.07) is 10.2. The Balaban J connectivity index is 1.84. The van der Waals surface area contributed by atoms with Crippen molar-refractivity contribution in [2.24, 2.45) is 0 Å². The number of aromatic nitrogens is 3. The van der Waals surface area contributed by atoms with E-state index in [1.165, 1.54) is 6.42 Å². The van der Waals surface area contributed by atoms with Gasteiger partial charge in [-0.1, -0.05) is 19.4 Å². The lowest BCUT2D eigenvalue weighted by atomic mass is 10.2. The van der Waals surface area contributed by atoms with Crippen molar-refractivity contribution < 1.29 is 0 Å². The third-order valence-electron chi connectivity index (χ3n) is 3.33. The minimum atomic E-state index is 0.890. The Morgan fingerprint density at radius 2 is 2.10 bits per heavy atom. The number of nitrogens with one attached hydrogen (secondary N) is 1. The molecule has 0 saturated heterocycles. The van der Waals surface area contributed by atoms with E-state index < -0.39 is 0 Å². The number of benzene rings is 1. The van der Waals surface area contributed by atoms with Gasteiger partial charge < -0.3 is 9.88 Å². The van der Waals surface area contributed by atoms with Gasteiger partial charge in [-0.25, -0.2) is 4.98 Å². The SMILES string of the molecule is CCCCn1ccnc1Nc1ccc2ncccc2c1. The van der Waals surface area contributed by atoms with Crippen LogP contribution in [-0.4, -0.2) is 14.5 Å². The highest BCUT2D eigenvalue weighted by molar-refractivity contribution is 5.82. The van der Waals surface area contributed by atoms with Crippen LogP contribution in [0, 0.1) is 0 Å². The van der Waals surface area contributed by atoms with Gasteiger partial charge in [0.1, 0.15) is 0 Å². The number of aryl methyl sites for hydroxylation is 1. The molecule has 2 aromatic heterocycles. The molecule has 2 heterocycles. The van der Waals surface area contributed by atoms with Crippen molar-refractivity contribution in [3.63, 3.8) is 0 Å². The number of hydrogen-bond acceptors (Lipinski definition) is 3. The standard InChI is InChI=1S/C16H18N4/c1-2-3-10-20-11-9-18-16(20)19-14-6-7-15-13(12-14)5-4-8-17-15/h4-9,11-12H,2-3,10H2,1H3,(H,18,19). The average Bonchev–Trinajstić information content (AvgIpc) is 2.92. The van der Waals surface area contributed by atoms with Gasteiger partial charge in [0, 0.05) is 36.2 Å². The van der Waals surface area contributed by atoms with Gasteiger partial charge in [-0.05, 0) is 30.7 Å². The van der Waals surface area contributed by atoms with E-state index in [1.807, 2.05) is 36.8 Å². The second kappa shape index (κ2) is 5.74. The van der Waals surface area contributed by atoms with Gasteiger partial charge in [-0.2, -0.15) is 0 Å². The van der Waals surface area contributed by atoms with Crippen molar-refractivity contribution in [3.8, 4) is 0 Å². The molecular formula is C16H18N4. The molecule has 4 heteroatoms. The highest BCUT2D eigenvalue weighted by Crippen LogP contribution is 2.20. The van der Waals surface area contributed by atoms with Crippen LogP contribution in [0.2, 0.25) is 0 Å². The molecule has 1 aromatic carbocycles. The van der Waals surface area contributed by atoms with E-state index in [0.29, 0.717) is 0 Å². The molecule has 0 atom stereocenters. The van der Waals surface area contributed by atoms with Gasteiger partial charge in [-0.15, -0.1) is 0 Å². The molecule has 102 valence electrons. The molecule has 0 spiro atoms. The zero-order valence-electron chi connectivity index (χ0n) is 11.6. The van der Waals surface area contributed by atoms with Crippen LogP contribution in [0.15, 0.2) is 48.9 Å². The maximum Gasteiger partial charge on any atom is 0.207 e. The fourth-order valence-corrected chi connectivity index (χ4v) is 2.22. The van der Waals surface area contributed by atoms with Crippen LogP contribution in [0.5, 0.6) is 0 Å². The maximum atomic E-state index is 4.38. The van der Waals surface area contributed by atoms with Gasteiger partial charge in [0.2, 0.25) is 5.95 Å². The van der Waals surface area contributed by atoms with Crippen molar-refractivity contribution in [2.75, 3.05) is 5.32 Å². The Bertz CT molecular complexity index is 702. The summed E-state index contributed by atoms with van der Waals surface area (Å²) in [5.74, 6) is 0.890. The first kappa shape index (κ1) is 12.7. The predicted molar refractivity (Wildman–Crippen MR) is 82.2 cm³/mol. The van der Waals surface area contributed by atoms with Crippen molar-refractivity contribution in [1.82, 2.24) is 14.5 Å². The Labute approximate surface area is 118 Å². The van der Waals surface area contributed by atoms with Crippen LogP contribution in [-0.2, 0) is 6.54 Å². The monoisotopic (exact) mass is 266 g/mol. The molecule has 3 rings (SSSR count). The molecular weight excluding hydrogens is 248 g/mol. The minimum Gasteiger partial charge on any atom is -0.326 e. The molecule has 0 aliphatic heterocycles. The first-order valence-corrected chi connectivity index (χ1v) is 7.00. The Hall–Kier alpha value is -2.36. The molecule has 0 aliphatic rings. The van der Waals surface area contributed by atoms with Crippen LogP contribution >= 0.6 is 0 Å². The van der Waals surface area contributed by atoms with E-state index in [-0.39, 0.29) is 0 Å². The van der Waals surface area contributed by atoms with Crippen LogP contribution in [0.4, 0.5) is 11.6 Å². The van der Waals surface area contributed by atoms with Gasteiger partial charge >= 0.3 is 0 Å². The smallest absolute Gasteiger partial charge is 0.207 e. The van der Waals surface area contributed by atoms with Crippen LogP contribution in [0.1, 0.15) is 19.8 Å². The molecule has 4 nitrogen and oxygen atoms in total. The molecule has 0 amide bonds. The maximum absolute atomic E-state index is 4.38. The third-order valence-corrected chi connectivity index (χ3v) is 3.33. The number of imidazole rings is 1. The minimum absolute atomic E-state index is 0.890. The number of pyridine rings is 1. The highest BCUT2D eigenvalue weighted by atomic mass is 15.2. The number of anilines is 2. The van der Waals surface area contributed by atoms with Crippen molar-refractivity contribution in [3.05, 3.63) is 48.9 Å². The second-order valence-electron chi connectivity index (χ2n) is 4.83. The summed E-state index contributed by atoms with van der Waals surface area (Å²) in [6.45, 7) is 3.19. The lowest BCUT2D eigenvalue weighted by molar-refractivity contribution is 0.638. The molecule has 0 radical (unpaired) electrons. The summed E-state index contributed by atoms with van der Waals surface area (Å²) < 4.78 is 2.15. The van der Waals surface area contributed by atoms with Crippen LogP contribution in [0.3, 0.4) is 0 Å². The summed E-state index contributed by atoms with van der Waals surface area (Å²) in [4.78, 5) is 8.71. The van der Waals surface area contributed by atoms with Crippen molar-refractivity contribution in [2.45, 2.75) is 26.3 Å². The van der Waals surface area contributed by atoms with Gasteiger partial charge in [0.05, 0.1) is 5.52 Å². The quantitative estimate of drug-likeness (QED) is 0.759. The number of hydrogen-bond donors (Lipinski definition) is 1. The molecule has 0 unspecified atom stereocenters. The number of unbranched alkanes of at least 4 members (excludes halogenated alkanes) is 1. The topological polar surface area (TPSA) is 42.7 Å². The first-order chi connectivity index (χ1) is 9.86. The zero-order valence-corrected chi connectivity index (χ0v) is 11.6. The lowest BCUT2D eigenvalue weighted by Gasteiger charge is -2.10. The molecule has 3 aromatic rings.